The Bertz CT molecular complexity index is 745. The summed E-state index contributed by atoms with van der Waals surface area (Å²) < 4.78 is 31.4. The van der Waals surface area contributed by atoms with Gasteiger partial charge in [0.25, 0.3) is 5.91 Å². The largest absolute Gasteiger partial charge is 0.482 e. The first-order chi connectivity index (χ1) is 10.4. The van der Waals surface area contributed by atoms with Gasteiger partial charge in [-0.05, 0) is 31.0 Å². The van der Waals surface area contributed by atoms with Crippen LogP contribution in [0, 0.1) is 0 Å². The van der Waals surface area contributed by atoms with E-state index in [0.29, 0.717) is 18.6 Å². The summed E-state index contributed by atoms with van der Waals surface area (Å²) in [4.78, 5) is 22.4. The van der Waals surface area contributed by atoms with E-state index in [9.17, 15) is 18.0 Å². The first kappa shape index (κ1) is 14.8. The molecule has 1 fully saturated rings. The highest BCUT2D eigenvalue weighted by molar-refractivity contribution is 7.89. The van der Waals surface area contributed by atoms with E-state index in [0.717, 1.165) is 4.31 Å². The van der Waals surface area contributed by atoms with Gasteiger partial charge in [0.1, 0.15) is 11.8 Å². The molecule has 22 heavy (non-hydrogen) atoms. The molecule has 9 heteroatoms. The van der Waals surface area contributed by atoms with Gasteiger partial charge in [-0.1, -0.05) is 0 Å². The summed E-state index contributed by atoms with van der Waals surface area (Å²) in [5.41, 5.74) is 0.267. The second-order valence-corrected chi connectivity index (χ2v) is 7.00. The third-order valence-electron chi connectivity index (χ3n) is 3.68. The van der Waals surface area contributed by atoms with Crippen LogP contribution in [0.4, 0.5) is 5.69 Å². The molecule has 2 aliphatic heterocycles. The standard InChI is InChI=1S/C13H14N2O6S/c16-12-7-21-11-4-3-8(6-9(11)14-12)22(19,20)15-5-1-2-10(15)13(17)18/h3-4,6,10H,1-2,5,7H2,(H,14,16)(H,17,18)/t10-/m1/s1. The van der Waals surface area contributed by atoms with Gasteiger partial charge in [-0.25, -0.2) is 8.42 Å². The SMILES string of the molecule is O=C1COc2ccc(S(=O)(=O)N3CCC[C@@H]3C(=O)O)cc2N1. The van der Waals surface area contributed by atoms with Crippen LogP contribution in [0.25, 0.3) is 0 Å². The molecule has 1 aromatic carbocycles. The lowest BCUT2D eigenvalue weighted by atomic mass is 10.2. The molecule has 1 aromatic rings. The number of nitrogens with zero attached hydrogens (tertiary/aromatic N) is 1. The number of carbonyl (C=O) groups is 2. The monoisotopic (exact) mass is 326 g/mol. The quantitative estimate of drug-likeness (QED) is 0.823. The molecule has 2 heterocycles. The van der Waals surface area contributed by atoms with Gasteiger partial charge in [-0.2, -0.15) is 4.31 Å². The normalized spacial score (nSPS) is 21.8. The Labute approximate surface area is 126 Å². The zero-order valence-corrected chi connectivity index (χ0v) is 12.3. The van der Waals surface area contributed by atoms with Crippen molar-refractivity contribution in [2.45, 2.75) is 23.8 Å². The number of carboxylic acid groups (broad SMARTS) is 1. The van der Waals surface area contributed by atoms with Crippen molar-refractivity contribution >= 4 is 27.6 Å². The first-order valence-electron chi connectivity index (χ1n) is 6.71. The zero-order valence-electron chi connectivity index (χ0n) is 11.5. The summed E-state index contributed by atoms with van der Waals surface area (Å²) in [6.07, 6.45) is 0.792. The molecule has 1 amide bonds. The Morgan fingerprint density at radius 1 is 1.41 bits per heavy atom. The van der Waals surface area contributed by atoms with Crippen molar-refractivity contribution in [3.8, 4) is 5.75 Å². The van der Waals surface area contributed by atoms with E-state index in [2.05, 4.69) is 5.32 Å². The van der Waals surface area contributed by atoms with Gasteiger partial charge < -0.3 is 15.2 Å². The van der Waals surface area contributed by atoms with Crippen LogP contribution in [-0.4, -0.2) is 48.9 Å². The van der Waals surface area contributed by atoms with Crippen molar-refractivity contribution in [1.82, 2.24) is 4.31 Å². The Hall–Kier alpha value is -2.13. The van der Waals surface area contributed by atoms with E-state index in [-0.39, 0.29) is 29.6 Å². The molecule has 0 unspecified atom stereocenters. The predicted molar refractivity (Wildman–Crippen MR) is 75.1 cm³/mol. The molecule has 1 saturated heterocycles. The number of rotatable bonds is 3. The van der Waals surface area contributed by atoms with Crippen molar-refractivity contribution < 1.29 is 27.9 Å². The number of hydrogen-bond acceptors (Lipinski definition) is 5. The van der Waals surface area contributed by atoms with E-state index in [4.69, 9.17) is 9.84 Å². The summed E-state index contributed by atoms with van der Waals surface area (Å²) in [7, 11) is -3.94. The van der Waals surface area contributed by atoms with Crippen molar-refractivity contribution in [2.24, 2.45) is 0 Å². The number of carboxylic acids is 1. The maximum atomic E-state index is 12.6. The minimum absolute atomic E-state index is 0.0646. The van der Waals surface area contributed by atoms with Crippen LogP contribution >= 0.6 is 0 Å². The van der Waals surface area contributed by atoms with Crippen LogP contribution in [0.1, 0.15) is 12.8 Å². The van der Waals surface area contributed by atoms with Gasteiger partial charge in [-0.3, -0.25) is 9.59 Å². The molecule has 0 aromatic heterocycles. The number of carbonyl (C=O) groups excluding carboxylic acids is 1. The third-order valence-corrected chi connectivity index (χ3v) is 5.58. The van der Waals surface area contributed by atoms with Gasteiger partial charge in [0, 0.05) is 6.54 Å². The highest BCUT2D eigenvalue weighted by Crippen LogP contribution is 2.33. The fourth-order valence-corrected chi connectivity index (χ4v) is 4.31. The number of nitrogens with one attached hydrogen (secondary N) is 1. The van der Waals surface area contributed by atoms with Crippen molar-refractivity contribution in [3.05, 3.63) is 18.2 Å². The molecule has 1 atom stereocenters. The van der Waals surface area contributed by atoms with E-state index in [1.54, 1.807) is 0 Å². The van der Waals surface area contributed by atoms with Crippen LogP contribution in [0.5, 0.6) is 5.75 Å². The molecule has 0 radical (unpaired) electrons. The van der Waals surface area contributed by atoms with E-state index in [1.807, 2.05) is 0 Å². The average Bonchev–Trinajstić information content (AvgIpc) is 2.96. The molecule has 0 aliphatic carbocycles. The highest BCUT2D eigenvalue weighted by Gasteiger charge is 2.39. The second kappa shape index (κ2) is 5.25. The predicted octanol–water partition coefficient (Wildman–Crippen LogP) is 0.255. The summed E-state index contributed by atoms with van der Waals surface area (Å²) in [5, 5.41) is 11.7. The molecule has 0 bridgehead atoms. The van der Waals surface area contributed by atoms with Gasteiger partial charge in [-0.15, -0.1) is 0 Å². The van der Waals surface area contributed by atoms with Gasteiger partial charge in [0.2, 0.25) is 10.0 Å². The molecule has 8 nitrogen and oxygen atoms in total. The summed E-state index contributed by atoms with van der Waals surface area (Å²) >= 11 is 0. The molecular weight excluding hydrogens is 312 g/mol. The number of fused-ring (bicyclic) bond motifs is 1. The van der Waals surface area contributed by atoms with Crippen molar-refractivity contribution in [1.29, 1.82) is 0 Å². The summed E-state index contributed by atoms with van der Waals surface area (Å²) in [5.74, 6) is -1.14. The smallest absolute Gasteiger partial charge is 0.322 e. The number of amides is 1. The van der Waals surface area contributed by atoms with E-state index in [1.165, 1.54) is 18.2 Å². The number of aliphatic carboxylic acids is 1. The lowest BCUT2D eigenvalue weighted by molar-refractivity contribution is -0.140. The van der Waals surface area contributed by atoms with Crippen molar-refractivity contribution in [2.75, 3.05) is 18.5 Å². The number of hydrogen-bond donors (Lipinski definition) is 2. The van der Waals surface area contributed by atoms with Crippen molar-refractivity contribution in [3.63, 3.8) is 0 Å². The number of ether oxygens (including phenoxy) is 1. The molecule has 2 N–H and O–H groups in total. The van der Waals surface area contributed by atoms with Crippen LogP contribution in [0.2, 0.25) is 0 Å². The topological polar surface area (TPSA) is 113 Å². The Balaban J connectivity index is 1.97. The Kier molecular flexibility index (Phi) is 3.53. The van der Waals surface area contributed by atoms with Crippen LogP contribution in [0.15, 0.2) is 23.1 Å². The number of benzene rings is 1. The average molecular weight is 326 g/mol. The first-order valence-corrected chi connectivity index (χ1v) is 8.15. The van der Waals surface area contributed by atoms with Crippen LogP contribution < -0.4 is 10.1 Å². The number of sulfonamides is 1. The van der Waals surface area contributed by atoms with Gasteiger partial charge >= 0.3 is 5.97 Å². The zero-order chi connectivity index (χ0) is 15.9. The molecule has 3 rings (SSSR count). The van der Waals surface area contributed by atoms with Crippen LogP contribution in [0.3, 0.4) is 0 Å². The maximum absolute atomic E-state index is 12.6. The summed E-state index contributed by atoms with van der Waals surface area (Å²) in [6, 6.07) is 3.04. The van der Waals surface area contributed by atoms with Gasteiger partial charge in [0.15, 0.2) is 6.61 Å². The molecule has 118 valence electrons. The molecular formula is C13H14N2O6S. The lowest BCUT2D eigenvalue weighted by Gasteiger charge is -2.23. The fraction of sp³-hybridized carbons (Fsp3) is 0.385. The Morgan fingerprint density at radius 3 is 2.91 bits per heavy atom. The maximum Gasteiger partial charge on any atom is 0.322 e. The minimum Gasteiger partial charge on any atom is -0.482 e. The lowest BCUT2D eigenvalue weighted by Crippen LogP contribution is -2.40. The van der Waals surface area contributed by atoms with Gasteiger partial charge in [0.05, 0.1) is 10.6 Å². The molecule has 0 spiro atoms. The van der Waals surface area contributed by atoms with Crippen LogP contribution in [-0.2, 0) is 19.6 Å². The van der Waals surface area contributed by atoms with E-state index >= 15 is 0 Å². The second-order valence-electron chi connectivity index (χ2n) is 5.11. The van der Waals surface area contributed by atoms with E-state index < -0.39 is 22.0 Å². The number of anilines is 1. The molecule has 2 aliphatic rings. The fourth-order valence-electron chi connectivity index (χ4n) is 2.63. The Morgan fingerprint density at radius 2 is 2.18 bits per heavy atom. The highest BCUT2D eigenvalue weighted by atomic mass is 32.2. The molecule has 0 saturated carbocycles. The minimum atomic E-state index is -3.94. The summed E-state index contributed by atoms with van der Waals surface area (Å²) in [6.45, 7) is 0.0472. The third kappa shape index (κ3) is 2.42.